The van der Waals surface area contributed by atoms with Gasteiger partial charge in [0.05, 0.1) is 12.2 Å². The molecule has 1 aromatic carbocycles. The molecule has 0 aliphatic heterocycles. The Balaban J connectivity index is 1.95. The molecular formula is C22H33BrO. The molecule has 0 radical (unpaired) electrons. The lowest BCUT2D eigenvalue weighted by Crippen LogP contribution is -2.17. The molecule has 1 aliphatic carbocycles. The summed E-state index contributed by atoms with van der Waals surface area (Å²) in [5.74, 6) is 0. The second-order valence-corrected chi connectivity index (χ2v) is 8.00. The van der Waals surface area contributed by atoms with Gasteiger partial charge in [-0.2, -0.15) is 0 Å². The fourth-order valence-corrected chi connectivity index (χ4v) is 3.86. The van der Waals surface area contributed by atoms with Gasteiger partial charge in [-0.1, -0.05) is 91.9 Å². The molecule has 0 saturated heterocycles. The molecule has 1 aliphatic rings. The third-order valence-corrected chi connectivity index (χ3v) is 5.56. The van der Waals surface area contributed by atoms with E-state index in [1.54, 1.807) is 0 Å². The van der Waals surface area contributed by atoms with Crippen LogP contribution in [-0.4, -0.2) is 6.10 Å². The molecule has 134 valence electrons. The lowest BCUT2D eigenvalue weighted by molar-refractivity contribution is -0.0229. The van der Waals surface area contributed by atoms with Crippen LogP contribution in [0.3, 0.4) is 0 Å². The SMILES string of the molecule is C=CCC(OC1CCCCCCCCCCC1)c1ccc(Br)cc1. The fraction of sp³-hybridized carbons (Fsp3) is 0.636. The second kappa shape index (κ2) is 11.9. The zero-order chi connectivity index (χ0) is 17.0. The zero-order valence-corrected chi connectivity index (χ0v) is 16.6. The average molecular weight is 393 g/mol. The number of benzene rings is 1. The van der Waals surface area contributed by atoms with Crippen molar-refractivity contribution < 1.29 is 4.74 Å². The number of halogens is 1. The summed E-state index contributed by atoms with van der Waals surface area (Å²) >= 11 is 3.52. The van der Waals surface area contributed by atoms with Crippen LogP contribution >= 0.6 is 15.9 Å². The molecule has 2 rings (SSSR count). The third-order valence-electron chi connectivity index (χ3n) is 5.03. The molecule has 0 amide bonds. The summed E-state index contributed by atoms with van der Waals surface area (Å²) in [6.45, 7) is 3.93. The van der Waals surface area contributed by atoms with Gasteiger partial charge in [0.25, 0.3) is 0 Å². The minimum atomic E-state index is 0.147. The molecule has 1 aromatic rings. The number of rotatable bonds is 5. The molecule has 0 bridgehead atoms. The van der Waals surface area contributed by atoms with Gasteiger partial charge >= 0.3 is 0 Å². The summed E-state index contributed by atoms with van der Waals surface area (Å²) in [6.07, 6.45) is 18.3. The monoisotopic (exact) mass is 392 g/mol. The van der Waals surface area contributed by atoms with Gasteiger partial charge < -0.3 is 4.74 Å². The Hall–Kier alpha value is -0.600. The zero-order valence-electron chi connectivity index (χ0n) is 15.0. The Morgan fingerprint density at radius 3 is 1.92 bits per heavy atom. The predicted molar refractivity (Wildman–Crippen MR) is 107 cm³/mol. The average Bonchev–Trinajstić information content (AvgIpc) is 2.57. The highest BCUT2D eigenvalue weighted by molar-refractivity contribution is 9.10. The van der Waals surface area contributed by atoms with Crippen LogP contribution in [0.2, 0.25) is 0 Å². The van der Waals surface area contributed by atoms with Gasteiger partial charge in [0.1, 0.15) is 0 Å². The highest BCUT2D eigenvalue weighted by Crippen LogP contribution is 2.28. The molecule has 0 heterocycles. The van der Waals surface area contributed by atoms with Crippen molar-refractivity contribution in [3.63, 3.8) is 0 Å². The maximum Gasteiger partial charge on any atom is 0.0862 e. The first-order valence-corrected chi connectivity index (χ1v) is 10.6. The van der Waals surface area contributed by atoms with E-state index in [2.05, 4.69) is 46.8 Å². The molecule has 0 aromatic heterocycles. The van der Waals surface area contributed by atoms with E-state index in [1.807, 2.05) is 6.08 Å². The number of ether oxygens (including phenoxy) is 1. The van der Waals surface area contributed by atoms with E-state index in [9.17, 15) is 0 Å². The smallest absolute Gasteiger partial charge is 0.0862 e. The van der Waals surface area contributed by atoms with Gasteiger partial charge in [-0.05, 0) is 37.0 Å². The maximum absolute atomic E-state index is 6.58. The van der Waals surface area contributed by atoms with E-state index in [0.717, 1.165) is 10.9 Å². The fourth-order valence-electron chi connectivity index (χ4n) is 3.59. The summed E-state index contributed by atoms with van der Waals surface area (Å²) in [7, 11) is 0. The maximum atomic E-state index is 6.58. The number of hydrogen-bond donors (Lipinski definition) is 0. The van der Waals surface area contributed by atoms with E-state index < -0.39 is 0 Å². The minimum absolute atomic E-state index is 0.147. The highest BCUT2D eigenvalue weighted by Gasteiger charge is 2.17. The summed E-state index contributed by atoms with van der Waals surface area (Å²) in [5, 5.41) is 0. The van der Waals surface area contributed by atoms with Crippen LogP contribution in [0.5, 0.6) is 0 Å². The highest BCUT2D eigenvalue weighted by atomic mass is 79.9. The van der Waals surface area contributed by atoms with E-state index in [0.29, 0.717) is 6.10 Å². The van der Waals surface area contributed by atoms with Gasteiger partial charge in [-0.15, -0.1) is 6.58 Å². The molecule has 1 saturated carbocycles. The summed E-state index contributed by atoms with van der Waals surface area (Å²) in [5.41, 5.74) is 1.27. The summed E-state index contributed by atoms with van der Waals surface area (Å²) in [6, 6.07) is 8.56. The third kappa shape index (κ3) is 7.53. The Labute approximate surface area is 157 Å². The van der Waals surface area contributed by atoms with Crippen LogP contribution in [-0.2, 0) is 4.74 Å². The summed E-state index contributed by atoms with van der Waals surface area (Å²) in [4.78, 5) is 0. The normalized spacial score (nSPS) is 19.9. The van der Waals surface area contributed by atoms with Crippen molar-refractivity contribution in [1.82, 2.24) is 0 Å². The molecule has 2 heteroatoms. The number of hydrogen-bond acceptors (Lipinski definition) is 1. The first-order chi connectivity index (χ1) is 11.8. The van der Waals surface area contributed by atoms with Crippen LogP contribution in [0.15, 0.2) is 41.4 Å². The van der Waals surface area contributed by atoms with Crippen molar-refractivity contribution in [3.05, 3.63) is 47.0 Å². The molecule has 1 fully saturated rings. The molecule has 1 atom stereocenters. The molecule has 1 nitrogen and oxygen atoms in total. The van der Waals surface area contributed by atoms with Crippen molar-refractivity contribution in [2.75, 3.05) is 0 Å². The second-order valence-electron chi connectivity index (χ2n) is 7.08. The molecule has 0 spiro atoms. The van der Waals surface area contributed by atoms with E-state index >= 15 is 0 Å². The van der Waals surface area contributed by atoms with E-state index in [-0.39, 0.29) is 6.10 Å². The largest absolute Gasteiger partial charge is 0.370 e. The van der Waals surface area contributed by atoms with Crippen molar-refractivity contribution in [3.8, 4) is 0 Å². The summed E-state index contributed by atoms with van der Waals surface area (Å²) < 4.78 is 7.70. The minimum Gasteiger partial charge on any atom is -0.370 e. The van der Waals surface area contributed by atoms with Crippen molar-refractivity contribution >= 4 is 15.9 Å². The molecule has 1 unspecified atom stereocenters. The van der Waals surface area contributed by atoms with Gasteiger partial charge in [0.2, 0.25) is 0 Å². The van der Waals surface area contributed by atoms with Crippen molar-refractivity contribution in [1.29, 1.82) is 0 Å². The Kier molecular flexibility index (Phi) is 9.75. The lowest BCUT2D eigenvalue weighted by atomic mass is 9.98. The van der Waals surface area contributed by atoms with Crippen LogP contribution in [0.25, 0.3) is 0 Å². The first kappa shape index (κ1) is 19.7. The topological polar surface area (TPSA) is 9.23 Å². The van der Waals surface area contributed by atoms with Gasteiger partial charge in [0, 0.05) is 4.47 Å². The van der Waals surface area contributed by atoms with Crippen molar-refractivity contribution in [2.24, 2.45) is 0 Å². The van der Waals surface area contributed by atoms with Crippen LogP contribution in [0, 0.1) is 0 Å². The van der Waals surface area contributed by atoms with Gasteiger partial charge in [0.15, 0.2) is 0 Å². The van der Waals surface area contributed by atoms with E-state index in [1.165, 1.54) is 76.2 Å². The standard InChI is InChI=1S/C22H33BrO/c1-2-12-22(19-15-17-20(23)18-16-19)24-21-13-10-8-6-4-3-5-7-9-11-14-21/h2,15-18,21-22H,1,3-14H2. The Morgan fingerprint density at radius 2 is 1.42 bits per heavy atom. The van der Waals surface area contributed by atoms with Crippen LogP contribution in [0.4, 0.5) is 0 Å². The van der Waals surface area contributed by atoms with Gasteiger partial charge in [-0.25, -0.2) is 0 Å². The molecule has 0 N–H and O–H groups in total. The van der Waals surface area contributed by atoms with E-state index in [4.69, 9.17) is 4.74 Å². The van der Waals surface area contributed by atoms with Crippen LogP contribution < -0.4 is 0 Å². The lowest BCUT2D eigenvalue weighted by Gasteiger charge is -2.25. The Morgan fingerprint density at radius 1 is 0.917 bits per heavy atom. The molecular weight excluding hydrogens is 360 g/mol. The van der Waals surface area contributed by atoms with Crippen molar-refractivity contribution in [2.45, 2.75) is 89.3 Å². The van der Waals surface area contributed by atoms with Gasteiger partial charge in [-0.3, -0.25) is 0 Å². The molecule has 24 heavy (non-hydrogen) atoms. The Bertz CT molecular complexity index is 442. The van der Waals surface area contributed by atoms with Crippen LogP contribution in [0.1, 0.15) is 88.7 Å². The predicted octanol–water partition coefficient (Wildman–Crippen LogP) is 7.76. The quantitative estimate of drug-likeness (QED) is 0.465. The first-order valence-electron chi connectivity index (χ1n) is 9.81.